The van der Waals surface area contributed by atoms with Crippen molar-refractivity contribution in [2.45, 2.75) is 12.2 Å². The molecule has 4 heteroatoms. The average Bonchev–Trinajstić information content (AvgIpc) is 2.78. The first-order chi connectivity index (χ1) is 14.1. The number of fused-ring (bicyclic) bond motifs is 1. The summed E-state index contributed by atoms with van der Waals surface area (Å²) in [6.45, 7) is 2.68. The van der Waals surface area contributed by atoms with Crippen molar-refractivity contribution < 1.29 is 9.59 Å². The third-order valence-electron chi connectivity index (χ3n) is 5.45. The van der Waals surface area contributed by atoms with Crippen LogP contribution in [0.1, 0.15) is 37.1 Å². The van der Waals surface area contributed by atoms with Crippen molar-refractivity contribution >= 4 is 29.0 Å². The van der Waals surface area contributed by atoms with Crippen LogP contribution in [0, 0.1) is 6.92 Å². The van der Waals surface area contributed by atoms with Crippen LogP contribution in [0.5, 0.6) is 0 Å². The third-order valence-corrected chi connectivity index (χ3v) is 6.77. The molecule has 3 aromatic carbocycles. The van der Waals surface area contributed by atoms with Crippen molar-refractivity contribution in [3.8, 4) is 0 Å². The minimum absolute atomic E-state index is 0.0575. The fourth-order valence-corrected chi connectivity index (χ4v) is 5.26. The zero-order chi connectivity index (χ0) is 20.0. The Kier molecular flexibility index (Phi) is 4.36. The molecule has 0 saturated carbocycles. The number of benzene rings is 3. The highest BCUT2D eigenvalue weighted by atomic mass is 32.2. The van der Waals surface area contributed by atoms with E-state index in [1.165, 1.54) is 11.8 Å². The molecule has 0 fully saturated rings. The number of rotatable bonds is 2. The van der Waals surface area contributed by atoms with Gasteiger partial charge in [-0.25, -0.2) is 0 Å². The summed E-state index contributed by atoms with van der Waals surface area (Å²) in [5.74, 6) is -0.132. The van der Waals surface area contributed by atoms with E-state index in [-0.39, 0.29) is 16.8 Å². The van der Waals surface area contributed by atoms with Gasteiger partial charge < -0.3 is 4.90 Å². The fraction of sp³-hybridized carbons (Fsp3) is 0.120. The van der Waals surface area contributed by atoms with Crippen LogP contribution in [0.4, 0.5) is 5.69 Å². The Morgan fingerprint density at radius 2 is 1.41 bits per heavy atom. The quantitative estimate of drug-likeness (QED) is 0.566. The summed E-state index contributed by atoms with van der Waals surface area (Å²) in [6, 6.07) is 25.4. The molecule has 0 spiro atoms. The van der Waals surface area contributed by atoms with Gasteiger partial charge in [-0.1, -0.05) is 72.3 Å². The lowest BCUT2D eigenvalue weighted by Crippen LogP contribution is -2.39. The number of carbonyl (C=O) groups is 2. The van der Waals surface area contributed by atoms with E-state index < -0.39 is 0 Å². The van der Waals surface area contributed by atoms with Gasteiger partial charge in [0.25, 0.3) is 0 Å². The highest BCUT2D eigenvalue weighted by Gasteiger charge is 2.41. The minimum atomic E-state index is -0.0743. The second-order valence-corrected chi connectivity index (χ2v) is 8.56. The van der Waals surface area contributed by atoms with Crippen LogP contribution in [0.25, 0.3) is 0 Å². The van der Waals surface area contributed by atoms with Crippen molar-refractivity contribution in [3.05, 3.63) is 112 Å². The number of hydrogen-bond donors (Lipinski definition) is 0. The third kappa shape index (κ3) is 3.00. The number of anilines is 1. The Balaban J connectivity index is 1.68. The van der Waals surface area contributed by atoms with Crippen LogP contribution in [0.3, 0.4) is 0 Å². The molecule has 0 N–H and O–H groups in total. The Bertz CT molecular complexity index is 1150. The van der Waals surface area contributed by atoms with Gasteiger partial charge in [0, 0.05) is 23.4 Å². The van der Waals surface area contributed by atoms with E-state index in [9.17, 15) is 9.59 Å². The second-order valence-electron chi connectivity index (χ2n) is 7.34. The van der Waals surface area contributed by atoms with Crippen molar-refractivity contribution in [3.63, 3.8) is 0 Å². The summed E-state index contributed by atoms with van der Waals surface area (Å²) in [6.07, 6.45) is 0. The van der Waals surface area contributed by atoms with Crippen molar-refractivity contribution in [1.82, 2.24) is 0 Å². The summed E-state index contributed by atoms with van der Waals surface area (Å²) in [5, 5.41) is 0.0678. The van der Waals surface area contributed by atoms with Gasteiger partial charge in [-0.2, -0.15) is 0 Å². The van der Waals surface area contributed by atoms with E-state index in [2.05, 4.69) is 12.1 Å². The molecule has 1 atom stereocenters. The summed E-state index contributed by atoms with van der Waals surface area (Å²) in [7, 11) is 0. The number of Topliss-reactive ketones (excluding diaryl/α,β-unsaturated/α-hetero) is 2. The first kappa shape index (κ1) is 18.0. The van der Waals surface area contributed by atoms with Gasteiger partial charge in [0.15, 0.2) is 0 Å². The largest absolute Gasteiger partial charge is 0.336 e. The Hall–Kier alpha value is -3.11. The molecule has 1 unspecified atom stereocenters. The van der Waals surface area contributed by atoms with E-state index in [0.29, 0.717) is 28.3 Å². The summed E-state index contributed by atoms with van der Waals surface area (Å²) in [4.78, 5) is 29.3. The maximum absolute atomic E-state index is 13.4. The standard InChI is InChI=1S/C25H19NO2S/c1-16-11-13-18(14-12-16)26-15-21(17-7-3-2-4-8-17)29-25-22(26)23(27)19-9-5-6-10-20(19)24(25)28/h2-14,21H,15H2,1H3. The molecule has 0 amide bonds. The molecule has 5 rings (SSSR count). The van der Waals surface area contributed by atoms with Gasteiger partial charge in [-0.15, -0.1) is 11.8 Å². The number of allylic oxidation sites excluding steroid dienone is 2. The first-order valence-corrected chi connectivity index (χ1v) is 10.5. The number of ketones is 2. The molecule has 3 aromatic rings. The number of aryl methyl sites for hydroxylation is 1. The van der Waals surface area contributed by atoms with E-state index in [4.69, 9.17) is 0 Å². The van der Waals surface area contributed by atoms with Gasteiger partial charge in [-0.05, 0) is 24.6 Å². The molecule has 29 heavy (non-hydrogen) atoms. The molecule has 3 nitrogen and oxygen atoms in total. The monoisotopic (exact) mass is 397 g/mol. The molecule has 1 heterocycles. The molecule has 0 aromatic heterocycles. The van der Waals surface area contributed by atoms with Crippen LogP contribution in [0.15, 0.2) is 89.5 Å². The smallest absolute Gasteiger partial charge is 0.211 e. The zero-order valence-corrected chi connectivity index (χ0v) is 16.8. The van der Waals surface area contributed by atoms with E-state index in [1.807, 2.05) is 66.4 Å². The maximum atomic E-state index is 13.4. The molecule has 0 radical (unpaired) electrons. The number of nitrogens with zero attached hydrogens (tertiary/aromatic N) is 1. The number of thioether (sulfide) groups is 1. The predicted octanol–water partition coefficient (Wildman–Crippen LogP) is 5.58. The second kappa shape index (κ2) is 7.05. The predicted molar refractivity (Wildman–Crippen MR) is 117 cm³/mol. The number of hydrogen-bond acceptors (Lipinski definition) is 4. The summed E-state index contributed by atoms with van der Waals surface area (Å²) in [5.41, 5.74) is 4.75. The van der Waals surface area contributed by atoms with Gasteiger partial charge in [-0.3, -0.25) is 9.59 Å². The van der Waals surface area contributed by atoms with Crippen molar-refractivity contribution in [2.75, 3.05) is 11.4 Å². The molecular weight excluding hydrogens is 378 g/mol. The van der Waals surface area contributed by atoms with E-state index >= 15 is 0 Å². The lowest BCUT2D eigenvalue weighted by Gasteiger charge is -2.38. The molecule has 2 aliphatic rings. The first-order valence-electron chi connectivity index (χ1n) is 9.62. The topological polar surface area (TPSA) is 37.4 Å². The lowest BCUT2D eigenvalue weighted by molar-refractivity contribution is 0.0978. The average molecular weight is 397 g/mol. The molecule has 0 saturated heterocycles. The molecular formula is C25H19NO2S. The van der Waals surface area contributed by atoms with Gasteiger partial charge in [0.1, 0.15) is 5.70 Å². The summed E-state index contributed by atoms with van der Waals surface area (Å²) >= 11 is 1.51. The normalized spacial score (nSPS) is 18.5. The zero-order valence-electron chi connectivity index (χ0n) is 16.0. The Labute approximate surface area is 174 Å². The SMILES string of the molecule is Cc1ccc(N2CC(c3ccccc3)SC3=C2C(=O)c2ccccc2C3=O)cc1. The highest BCUT2D eigenvalue weighted by molar-refractivity contribution is 8.04. The molecule has 0 bridgehead atoms. The molecule has 1 aliphatic heterocycles. The van der Waals surface area contributed by atoms with E-state index in [1.54, 1.807) is 12.1 Å². The van der Waals surface area contributed by atoms with Crippen molar-refractivity contribution in [1.29, 1.82) is 0 Å². The molecule has 142 valence electrons. The van der Waals surface area contributed by atoms with Crippen LogP contribution < -0.4 is 4.90 Å². The summed E-state index contributed by atoms with van der Waals surface area (Å²) < 4.78 is 0. The van der Waals surface area contributed by atoms with Crippen LogP contribution in [-0.4, -0.2) is 18.1 Å². The lowest BCUT2D eigenvalue weighted by atomic mass is 9.91. The van der Waals surface area contributed by atoms with Gasteiger partial charge in [0.2, 0.25) is 11.6 Å². The van der Waals surface area contributed by atoms with Crippen molar-refractivity contribution in [2.24, 2.45) is 0 Å². The van der Waals surface area contributed by atoms with Gasteiger partial charge >= 0.3 is 0 Å². The van der Waals surface area contributed by atoms with E-state index in [0.717, 1.165) is 16.8 Å². The van der Waals surface area contributed by atoms with Gasteiger partial charge in [0.05, 0.1) is 10.2 Å². The van der Waals surface area contributed by atoms with Crippen LogP contribution >= 0.6 is 11.8 Å². The Morgan fingerprint density at radius 1 is 0.793 bits per heavy atom. The van der Waals surface area contributed by atoms with Crippen LogP contribution in [-0.2, 0) is 0 Å². The highest BCUT2D eigenvalue weighted by Crippen LogP contribution is 2.47. The minimum Gasteiger partial charge on any atom is -0.336 e. The maximum Gasteiger partial charge on any atom is 0.211 e. The fourth-order valence-electron chi connectivity index (χ4n) is 3.93. The molecule has 1 aliphatic carbocycles. The Morgan fingerprint density at radius 3 is 2.10 bits per heavy atom. The number of carbonyl (C=O) groups excluding carboxylic acids is 2. The van der Waals surface area contributed by atoms with Crippen LogP contribution in [0.2, 0.25) is 0 Å².